The zero-order chi connectivity index (χ0) is 12.7. The summed E-state index contributed by atoms with van der Waals surface area (Å²) in [6, 6.07) is 8.25. The van der Waals surface area contributed by atoms with Gasteiger partial charge in [0.15, 0.2) is 0 Å². The van der Waals surface area contributed by atoms with Gasteiger partial charge in [-0.3, -0.25) is 0 Å². The van der Waals surface area contributed by atoms with Gasteiger partial charge in [0.05, 0.1) is 18.9 Å². The second kappa shape index (κ2) is 4.41. The first-order chi connectivity index (χ1) is 9.33. The van der Waals surface area contributed by atoms with Crippen molar-refractivity contribution >= 4 is 5.69 Å². The van der Waals surface area contributed by atoms with Crippen LogP contribution in [0.4, 0.5) is 5.69 Å². The van der Waals surface area contributed by atoms with E-state index < -0.39 is 0 Å². The van der Waals surface area contributed by atoms with Gasteiger partial charge in [-0.15, -0.1) is 0 Å². The van der Waals surface area contributed by atoms with Gasteiger partial charge in [-0.1, -0.05) is 12.1 Å². The maximum Gasteiger partial charge on any atom is 0.145 e. The van der Waals surface area contributed by atoms with E-state index in [4.69, 9.17) is 9.47 Å². The summed E-state index contributed by atoms with van der Waals surface area (Å²) < 4.78 is 11.1. The Balaban J connectivity index is 1.34. The third-order valence-electron chi connectivity index (χ3n) is 4.77. The van der Waals surface area contributed by atoms with Crippen molar-refractivity contribution in [1.29, 1.82) is 0 Å². The third-order valence-corrected chi connectivity index (χ3v) is 4.77. The Morgan fingerprint density at radius 2 is 2.00 bits per heavy atom. The van der Waals surface area contributed by atoms with E-state index in [0.717, 1.165) is 42.5 Å². The summed E-state index contributed by atoms with van der Waals surface area (Å²) in [5.41, 5.74) is 1.93. The largest absolute Gasteiger partial charge is 0.483 e. The molecule has 1 aliphatic heterocycles. The van der Waals surface area contributed by atoms with Gasteiger partial charge >= 0.3 is 0 Å². The van der Waals surface area contributed by atoms with Gasteiger partial charge in [0, 0.05) is 6.54 Å². The monoisotopic (exact) mass is 259 g/mol. The van der Waals surface area contributed by atoms with Crippen molar-refractivity contribution in [2.45, 2.75) is 31.8 Å². The molecule has 0 unspecified atom stereocenters. The van der Waals surface area contributed by atoms with E-state index in [1.54, 1.807) is 0 Å². The fourth-order valence-electron chi connectivity index (χ4n) is 3.33. The SMILES string of the molecule is c1ccc(OC2COC2)c(NCC2CC3(CC3)C2)c1. The minimum atomic E-state index is 0.237. The molecule has 1 N–H and O–H groups in total. The van der Waals surface area contributed by atoms with Crippen molar-refractivity contribution in [3.8, 4) is 5.75 Å². The lowest BCUT2D eigenvalue weighted by atomic mass is 9.72. The molecule has 1 heterocycles. The molecule has 1 aromatic rings. The molecule has 3 heteroatoms. The summed E-state index contributed by atoms with van der Waals surface area (Å²) >= 11 is 0. The van der Waals surface area contributed by atoms with Crippen molar-refractivity contribution in [2.75, 3.05) is 25.1 Å². The number of para-hydroxylation sites is 2. The normalized spacial score (nSPS) is 24.6. The van der Waals surface area contributed by atoms with E-state index in [1.807, 2.05) is 12.1 Å². The van der Waals surface area contributed by atoms with E-state index in [0.29, 0.717) is 0 Å². The molecule has 0 radical (unpaired) electrons. The maximum absolute atomic E-state index is 5.93. The molecule has 2 saturated carbocycles. The molecule has 3 aliphatic rings. The van der Waals surface area contributed by atoms with Crippen LogP contribution in [0.15, 0.2) is 24.3 Å². The Bertz CT molecular complexity index is 458. The summed E-state index contributed by atoms with van der Waals surface area (Å²) in [6.45, 7) is 2.53. The fraction of sp³-hybridized carbons (Fsp3) is 0.625. The number of benzene rings is 1. The molecule has 0 bridgehead atoms. The molecule has 1 aromatic carbocycles. The van der Waals surface area contributed by atoms with Gasteiger partial charge in [0.25, 0.3) is 0 Å². The van der Waals surface area contributed by atoms with Crippen molar-refractivity contribution < 1.29 is 9.47 Å². The molecule has 1 saturated heterocycles. The summed E-state index contributed by atoms with van der Waals surface area (Å²) in [4.78, 5) is 0. The Hall–Kier alpha value is -1.22. The van der Waals surface area contributed by atoms with Gasteiger partial charge in [0.2, 0.25) is 0 Å². The molecular formula is C16H21NO2. The quantitative estimate of drug-likeness (QED) is 0.881. The molecule has 1 spiro atoms. The van der Waals surface area contributed by atoms with Crippen molar-refractivity contribution in [3.63, 3.8) is 0 Å². The zero-order valence-electron chi connectivity index (χ0n) is 11.2. The van der Waals surface area contributed by atoms with Gasteiger partial charge in [-0.2, -0.15) is 0 Å². The number of nitrogens with one attached hydrogen (secondary N) is 1. The van der Waals surface area contributed by atoms with Gasteiger partial charge in [-0.25, -0.2) is 0 Å². The summed E-state index contributed by atoms with van der Waals surface area (Å²) in [5.74, 6) is 1.83. The summed E-state index contributed by atoms with van der Waals surface area (Å²) in [5, 5.41) is 3.57. The van der Waals surface area contributed by atoms with E-state index in [-0.39, 0.29) is 6.10 Å². The van der Waals surface area contributed by atoms with Crippen molar-refractivity contribution in [2.24, 2.45) is 11.3 Å². The standard InChI is InChI=1S/C16H21NO2/c1-2-4-15(19-13-10-18-11-13)14(3-1)17-9-12-7-16(8-12)5-6-16/h1-4,12-13,17H,5-11H2. The minimum Gasteiger partial charge on any atom is -0.483 e. The van der Waals surface area contributed by atoms with E-state index in [2.05, 4.69) is 17.4 Å². The highest BCUT2D eigenvalue weighted by atomic mass is 16.6. The summed E-state index contributed by atoms with van der Waals surface area (Å²) in [7, 11) is 0. The highest BCUT2D eigenvalue weighted by molar-refractivity contribution is 5.56. The average molecular weight is 259 g/mol. The Kier molecular flexibility index (Phi) is 2.69. The second-order valence-electron chi connectivity index (χ2n) is 6.43. The van der Waals surface area contributed by atoms with E-state index in [1.165, 1.54) is 25.7 Å². The highest BCUT2D eigenvalue weighted by Gasteiger charge is 2.52. The van der Waals surface area contributed by atoms with Crippen LogP contribution in [0.2, 0.25) is 0 Å². The van der Waals surface area contributed by atoms with Crippen LogP contribution in [0, 0.1) is 11.3 Å². The predicted octanol–water partition coefficient (Wildman–Crippen LogP) is 3.07. The minimum absolute atomic E-state index is 0.237. The summed E-state index contributed by atoms with van der Waals surface area (Å²) in [6.07, 6.45) is 6.05. The number of anilines is 1. The second-order valence-corrected chi connectivity index (χ2v) is 6.43. The van der Waals surface area contributed by atoms with E-state index in [9.17, 15) is 0 Å². The maximum atomic E-state index is 5.93. The highest BCUT2D eigenvalue weighted by Crippen LogP contribution is 2.63. The van der Waals surface area contributed by atoms with Crippen LogP contribution in [0.25, 0.3) is 0 Å². The van der Waals surface area contributed by atoms with Crippen molar-refractivity contribution in [1.82, 2.24) is 0 Å². The van der Waals surface area contributed by atoms with Crippen LogP contribution in [0.1, 0.15) is 25.7 Å². The Morgan fingerprint density at radius 1 is 1.21 bits per heavy atom. The number of hydrogen-bond acceptors (Lipinski definition) is 3. The van der Waals surface area contributed by atoms with Crippen molar-refractivity contribution in [3.05, 3.63) is 24.3 Å². The number of ether oxygens (including phenoxy) is 2. The van der Waals surface area contributed by atoms with Crippen LogP contribution in [-0.4, -0.2) is 25.9 Å². The average Bonchev–Trinajstić information content (AvgIpc) is 3.11. The van der Waals surface area contributed by atoms with Gasteiger partial charge < -0.3 is 14.8 Å². The van der Waals surface area contributed by atoms with Crippen LogP contribution in [0.5, 0.6) is 5.75 Å². The number of hydrogen-bond donors (Lipinski definition) is 1. The Labute approximate surface area is 114 Å². The lowest BCUT2D eigenvalue weighted by Gasteiger charge is -2.36. The van der Waals surface area contributed by atoms with Crippen LogP contribution in [-0.2, 0) is 4.74 Å². The fourth-order valence-corrected chi connectivity index (χ4v) is 3.33. The smallest absolute Gasteiger partial charge is 0.145 e. The molecule has 102 valence electrons. The molecule has 0 atom stereocenters. The first-order valence-corrected chi connectivity index (χ1v) is 7.40. The van der Waals surface area contributed by atoms with Gasteiger partial charge in [-0.05, 0) is 49.1 Å². The molecule has 2 aliphatic carbocycles. The van der Waals surface area contributed by atoms with Gasteiger partial charge in [0.1, 0.15) is 11.9 Å². The third kappa shape index (κ3) is 2.32. The zero-order valence-corrected chi connectivity index (χ0v) is 11.2. The lowest BCUT2D eigenvalue weighted by molar-refractivity contribution is -0.0794. The molecular weight excluding hydrogens is 238 g/mol. The first kappa shape index (κ1) is 11.6. The first-order valence-electron chi connectivity index (χ1n) is 7.40. The van der Waals surface area contributed by atoms with Crippen LogP contribution < -0.4 is 10.1 Å². The molecule has 19 heavy (non-hydrogen) atoms. The van der Waals surface area contributed by atoms with Crippen LogP contribution >= 0.6 is 0 Å². The number of rotatable bonds is 5. The van der Waals surface area contributed by atoms with Crippen LogP contribution in [0.3, 0.4) is 0 Å². The topological polar surface area (TPSA) is 30.5 Å². The Morgan fingerprint density at radius 3 is 2.68 bits per heavy atom. The molecule has 0 amide bonds. The molecule has 4 rings (SSSR count). The predicted molar refractivity (Wildman–Crippen MR) is 74.6 cm³/mol. The molecule has 3 fully saturated rings. The molecule has 0 aromatic heterocycles. The molecule has 3 nitrogen and oxygen atoms in total. The van der Waals surface area contributed by atoms with E-state index >= 15 is 0 Å². The lowest BCUT2D eigenvalue weighted by Crippen LogP contribution is -2.38.